The van der Waals surface area contributed by atoms with Gasteiger partial charge in [0.2, 0.25) is 5.76 Å². The number of aromatic nitrogens is 1. The lowest BCUT2D eigenvalue weighted by atomic mass is 10.1. The van der Waals surface area contributed by atoms with Crippen LogP contribution < -0.4 is 5.32 Å². The number of hydrogen-bond donors (Lipinski definition) is 2. The van der Waals surface area contributed by atoms with Crippen molar-refractivity contribution in [2.24, 2.45) is 0 Å². The molecule has 19 heavy (non-hydrogen) atoms. The van der Waals surface area contributed by atoms with Gasteiger partial charge in [-0.05, 0) is 19.1 Å². The molecule has 0 bridgehead atoms. The van der Waals surface area contributed by atoms with E-state index in [9.17, 15) is 14.0 Å². The van der Waals surface area contributed by atoms with Crippen LogP contribution in [0.2, 0.25) is 0 Å². The second-order valence-corrected chi connectivity index (χ2v) is 3.75. The number of aryl methyl sites for hydroxylation is 1. The Kier molecular flexibility index (Phi) is 3.28. The topological polar surface area (TPSA) is 92.4 Å². The van der Waals surface area contributed by atoms with E-state index in [1.807, 2.05) is 0 Å². The maximum absolute atomic E-state index is 13.6. The highest BCUT2D eigenvalue weighted by molar-refractivity contribution is 6.06. The predicted octanol–water partition coefficient (Wildman–Crippen LogP) is 2.07. The number of carbonyl (C=O) groups is 2. The molecule has 0 aliphatic carbocycles. The van der Waals surface area contributed by atoms with Crippen LogP contribution >= 0.6 is 0 Å². The van der Waals surface area contributed by atoms with E-state index in [2.05, 4.69) is 10.5 Å². The first-order valence-corrected chi connectivity index (χ1v) is 5.25. The first kappa shape index (κ1) is 12.7. The van der Waals surface area contributed by atoms with Crippen LogP contribution in [0.15, 0.2) is 28.8 Å². The fourth-order valence-corrected chi connectivity index (χ4v) is 1.48. The lowest BCUT2D eigenvalue weighted by molar-refractivity contribution is 0.0697. The van der Waals surface area contributed by atoms with Crippen LogP contribution in [0, 0.1) is 12.7 Å². The van der Waals surface area contributed by atoms with Crippen molar-refractivity contribution in [3.8, 4) is 0 Å². The molecule has 0 unspecified atom stereocenters. The summed E-state index contributed by atoms with van der Waals surface area (Å²) in [4.78, 5) is 22.7. The molecule has 1 aromatic heterocycles. The standard InChI is InChI=1S/C12H9FN2O4/c1-6-5-9(19-15-6)11(16)14-10-7(12(17)18)3-2-4-8(10)13/h2-5H,1H3,(H,14,16)(H,17,18). The number of halogens is 1. The number of para-hydroxylation sites is 1. The van der Waals surface area contributed by atoms with E-state index in [0.29, 0.717) is 5.69 Å². The zero-order chi connectivity index (χ0) is 14.0. The third-order valence-corrected chi connectivity index (χ3v) is 2.33. The van der Waals surface area contributed by atoms with Crippen LogP contribution in [0.4, 0.5) is 10.1 Å². The van der Waals surface area contributed by atoms with Gasteiger partial charge < -0.3 is 14.9 Å². The van der Waals surface area contributed by atoms with Crippen molar-refractivity contribution in [2.75, 3.05) is 5.32 Å². The molecule has 1 aromatic carbocycles. The zero-order valence-corrected chi connectivity index (χ0v) is 9.81. The van der Waals surface area contributed by atoms with E-state index in [1.54, 1.807) is 6.92 Å². The Morgan fingerprint density at radius 1 is 1.42 bits per heavy atom. The summed E-state index contributed by atoms with van der Waals surface area (Å²) in [6, 6.07) is 4.84. The molecular formula is C12H9FN2O4. The molecule has 0 aliphatic rings. The maximum Gasteiger partial charge on any atom is 0.337 e. The Morgan fingerprint density at radius 3 is 2.74 bits per heavy atom. The maximum atomic E-state index is 13.6. The van der Waals surface area contributed by atoms with Gasteiger partial charge in [-0.25, -0.2) is 9.18 Å². The number of aromatic carboxylic acids is 1. The minimum Gasteiger partial charge on any atom is -0.478 e. The van der Waals surface area contributed by atoms with Crippen LogP contribution in [-0.2, 0) is 0 Å². The molecule has 0 saturated carbocycles. The summed E-state index contributed by atoms with van der Waals surface area (Å²) in [5, 5.41) is 14.6. The number of nitrogens with zero attached hydrogens (tertiary/aromatic N) is 1. The minimum absolute atomic E-state index is 0.128. The number of rotatable bonds is 3. The number of carbonyl (C=O) groups excluding carboxylic acids is 1. The number of benzene rings is 1. The summed E-state index contributed by atoms with van der Waals surface area (Å²) in [6.07, 6.45) is 0. The van der Waals surface area contributed by atoms with Gasteiger partial charge in [0.15, 0.2) is 0 Å². The van der Waals surface area contributed by atoms with Gasteiger partial charge in [0.1, 0.15) is 5.82 Å². The average Bonchev–Trinajstić information content (AvgIpc) is 2.78. The van der Waals surface area contributed by atoms with Crippen LogP contribution in [-0.4, -0.2) is 22.1 Å². The van der Waals surface area contributed by atoms with Gasteiger partial charge in [-0.15, -0.1) is 0 Å². The fourth-order valence-electron chi connectivity index (χ4n) is 1.48. The predicted molar refractivity (Wildman–Crippen MR) is 62.6 cm³/mol. The van der Waals surface area contributed by atoms with E-state index in [-0.39, 0.29) is 11.3 Å². The molecule has 6 nitrogen and oxygen atoms in total. The summed E-state index contributed by atoms with van der Waals surface area (Å²) in [6.45, 7) is 1.62. The first-order valence-electron chi connectivity index (χ1n) is 5.25. The average molecular weight is 264 g/mol. The first-order chi connectivity index (χ1) is 8.99. The lowest BCUT2D eigenvalue weighted by Crippen LogP contribution is -2.15. The largest absolute Gasteiger partial charge is 0.478 e. The molecule has 0 radical (unpaired) electrons. The second kappa shape index (κ2) is 4.89. The molecule has 1 heterocycles. The van der Waals surface area contributed by atoms with Crippen molar-refractivity contribution in [3.63, 3.8) is 0 Å². The molecule has 7 heteroatoms. The number of carboxylic acids is 1. The third kappa shape index (κ3) is 2.59. The van der Waals surface area contributed by atoms with E-state index in [1.165, 1.54) is 18.2 Å². The van der Waals surface area contributed by atoms with E-state index < -0.39 is 23.4 Å². The quantitative estimate of drug-likeness (QED) is 0.885. The molecule has 0 atom stereocenters. The van der Waals surface area contributed by atoms with Crippen molar-refractivity contribution in [3.05, 3.63) is 47.1 Å². The monoisotopic (exact) mass is 264 g/mol. The van der Waals surface area contributed by atoms with Crippen LogP contribution in [0.25, 0.3) is 0 Å². The van der Waals surface area contributed by atoms with Gasteiger partial charge in [0, 0.05) is 6.07 Å². The Morgan fingerprint density at radius 2 is 2.16 bits per heavy atom. The number of anilines is 1. The van der Waals surface area contributed by atoms with E-state index in [4.69, 9.17) is 9.63 Å². The molecule has 2 N–H and O–H groups in total. The molecule has 2 rings (SSSR count). The van der Waals surface area contributed by atoms with Gasteiger partial charge in [-0.3, -0.25) is 4.79 Å². The van der Waals surface area contributed by atoms with E-state index >= 15 is 0 Å². The van der Waals surface area contributed by atoms with Crippen LogP contribution in [0.3, 0.4) is 0 Å². The Bertz CT molecular complexity index is 651. The van der Waals surface area contributed by atoms with Crippen molar-refractivity contribution in [1.82, 2.24) is 5.16 Å². The van der Waals surface area contributed by atoms with Gasteiger partial charge in [0.05, 0.1) is 16.9 Å². The highest BCUT2D eigenvalue weighted by atomic mass is 19.1. The molecule has 2 aromatic rings. The molecule has 0 fully saturated rings. The molecule has 0 spiro atoms. The number of nitrogens with one attached hydrogen (secondary N) is 1. The number of carboxylic acid groups (broad SMARTS) is 1. The Balaban J connectivity index is 2.33. The lowest BCUT2D eigenvalue weighted by Gasteiger charge is -2.07. The van der Waals surface area contributed by atoms with Gasteiger partial charge in [-0.1, -0.05) is 11.2 Å². The summed E-state index contributed by atoms with van der Waals surface area (Å²) in [5.74, 6) is -3.08. The summed E-state index contributed by atoms with van der Waals surface area (Å²) in [5.41, 5.74) is -0.268. The summed E-state index contributed by atoms with van der Waals surface area (Å²) >= 11 is 0. The van der Waals surface area contributed by atoms with Crippen LogP contribution in [0.5, 0.6) is 0 Å². The molecule has 1 amide bonds. The van der Waals surface area contributed by atoms with Gasteiger partial charge >= 0.3 is 5.97 Å². The Labute approximate surface area is 106 Å². The smallest absolute Gasteiger partial charge is 0.337 e. The van der Waals surface area contributed by atoms with Gasteiger partial charge in [0.25, 0.3) is 5.91 Å². The van der Waals surface area contributed by atoms with E-state index in [0.717, 1.165) is 6.07 Å². The highest BCUT2D eigenvalue weighted by Gasteiger charge is 2.19. The molecule has 0 saturated heterocycles. The summed E-state index contributed by atoms with van der Waals surface area (Å²) < 4.78 is 18.3. The Hall–Kier alpha value is -2.70. The van der Waals surface area contributed by atoms with Crippen molar-refractivity contribution in [1.29, 1.82) is 0 Å². The fraction of sp³-hybridized carbons (Fsp3) is 0.0833. The highest BCUT2D eigenvalue weighted by Crippen LogP contribution is 2.20. The number of hydrogen-bond acceptors (Lipinski definition) is 4. The number of amides is 1. The van der Waals surface area contributed by atoms with Crippen molar-refractivity contribution >= 4 is 17.6 Å². The van der Waals surface area contributed by atoms with Crippen molar-refractivity contribution < 1.29 is 23.6 Å². The molecular weight excluding hydrogens is 255 g/mol. The zero-order valence-electron chi connectivity index (χ0n) is 9.81. The second-order valence-electron chi connectivity index (χ2n) is 3.75. The minimum atomic E-state index is -1.34. The van der Waals surface area contributed by atoms with Crippen molar-refractivity contribution in [2.45, 2.75) is 6.92 Å². The van der Waals surface area contributed by atoms with Gasteiger partial charge in [-0.2, -0.15) is 0 Å². The SMILES string of the molecule is Cc1cc(C(=O)Nc2c(F)cccc2C(=O)O)on1. The molecule has 0 aliphatic heterocycles. The van der Waals surface area contributed by atoms with Crippen LogP contribution in [0.1, 0.15) is 26.6 Å². The molecule has 98 valence electrons. The normalized spacial score (nSPS) is 10.2. The third-order valence-electron chi connectivity index (χ3n) is 2.33. The summed E-state index contributed by atoms with van der Waals surface area (Å²) in [7, 11) is 0.